The van der Waals surface area contributed by atoms with Gasteiger partial charge in [0.2, 0.25) is 0 Å². The van der Waals surface area contributed by atoms with Crippen LogP contribution in [0.25, 0.3) is 87.2 Å². The van der Waals surface area contributed by atoms with Gasteiger partial charge >= 0.3 is 0 Å². The molecular formula is C44H26O. The second-order valence-electron chi connectivity index (χ2n) is 12.0. The molecule has 0 spiro atoms. The predicted octanol–water partition coefficient (Wildman–Crippen LogP) is 12.6. The van der Waals surface area contributed by atoms with Crippen LogP contribution in [0.4, 0.5) is 0 Å². The second-order valence-corrected chi connectivity index (χ2v) is 12.0. The summed E-state index contributed by atoms with van der Waals surface area (Å²) in [5.74, 6) is 1.82. The van der Waals surface area contributed by atoms with Crippen LogP contribution in [0, 0.1) is 0 Å². The minimum atomic E-state index is 0.898. The number of hydrogen-bond acceptors (Lipinski definition) is 1. The van der Waals surface area contributed by atoms with Crippen molar-refractivity contribution in [2.45, 2.75) is 0 Å². The number of rotatable bonds is 2. The second kappa shape index (κ2) is 9.29. The highest BCUT2D eigenvalue weighted by Gasteiger charge is 2.24. The van der Waals surface area contributed by atoms with Gasteiger partial charge in [0.25, 0.3) is 0 Å². The number of fused-ring (bicyclic) bond motifs is 8. The molecule has 1 heteroatoms. The first-order valence-electron chi connectivity index (χ1n) is 15.5. The Morgan fingerprint density at radius 1 is 0.311 bits per heavy atom. The molecule has 0 saturated heterocycles. The molecule has 9 aromatic carbocycles. The third-order valence-corrected chi connectivity index (χ3v) is 9.60. The van der Waals surface area contributed by atoms with Crippen LogP contribution in [0.5, 0.6) is 11.5 Å². The van der Waals surface area contributed by atoms with Crippen molar-refractivity contribution >= 4 is 53.9 Å². The first kappa shape index (κ1) is 24.5. The van der Waals surface area contributed by atoms with Crippen LogP contribution in [0.15, 0.2) is 158 Å². The van der Waals surface area contributed by atoms with Gasteiger partial charge in [0.1, 0.15) is 11.5 Å². The maximum atomic E-state index is 6.52. The quantitative estimate of drug-likeness (QED) is 0.148. The topological polar surface area (TPSA) is 9.23 Å². The highest BCUT2D eigenvalue weighted by molar-refractivity contribution is 6.32. The Morgan fingerprint density at radius 2 is 0.911 bits per heavy atom. The van der Waals surface area contributed by atoms with E-state index in [4.69, 9.17) is 4.74 Å². The van der Waals surface area contributed by atoms with E-state index in [-0.39, 0.29) is 0 Å². The zero-order chi connectivity index (χ0) is 29.5. The Hall–Kier alpha value is -5.92. The first-order chi connectivity index (χ1) is 22.3. The Bertz CT molecular complexity index is 2660. The van der Waals surface area contributed by atoms with Crippen LogP contribution in [0.2, 0.25) is 0 Å². The fraction of sp³-hybridized carbons (Fsp3) is 0. The van der Waals surface area contributed by atoms with Gasteiger partial charge in [-0.15, -0.1) is 0 Å². The Morgan fingerprint density at radius 3 is 1.62 bits per heavy atom. The molecule has 1 aliphatic heterocycles. The molecule has 0 radical (unpaired) electrons. The zero-order valence-corrected chi connectivity index (χ0v) is 24.4. The molecule has 45 heavy (non-hydrogen) atoms. The monoisotopic (exact) mass is 570 g/mol. The largest absolute Gasteiger partial charge is 0.456 e. The number of benzene rings is 9. The van der Waals surface area contributed by atoms with E-state index >= 15 is 0 Å². The summed E-state index contributed by atoms with van der Waals surface area (Å²) in [5.41, 5.74) is 7.31. The van der Waals surface area contributed by atoms with Crippen molar-refractivity contribution in [1.82, 2.24) is 0 Å². The summed E-state index contributed by atoms with van der Waals surface area (Å²) < 4.78 is 6.52. The van der Waals surface area contributed by atoms with Gasteiger partial charge in [0.05, 0.1) is 0 Å². The normalized spacial score (nSPS) is 12.2. The van der Waals surface area contributed by atoms with Gasteiger partial charge in [-0.3, -0.25) is 0 Å². The fourth-order valence-corrected chi connectivity index (χ4v) is 7.69. The Balaban J connectivity index is 1.41. The molecule has 0 saturated carbocycles. The lowest BCUT2D eigenvalue weighted by molar-refractivity contribution is 0.487. The SMILES string of the molecule is c1ccc(-c2c3ccc4ccccc4c3c(-c3ccc4c(c3)-c3cccc5cccc(c35)O4)c3ccc4ccccc4c23)cc1. The van der Waals surface area contributed by atoms with Crippen molar-refractivity contribution in [3.8, 4) is 44.9 Å². The van der Waals surface area contributed by atoms with E-state index in [9.17, 15) is 0 Å². The highest BCUT2D eigenvalue weighted by Crippen LogP contribution is 2.51. The van der Waals surface area contributed by atoms with E-state index in [1.165, 1.54) is 81.7 Å². The third-order valence-electron chi connectivity index (χ3n) is 9.60. The van der Waals surface area contributed by atoms with Crippen molar-refractivity contribution in [3.63, 3.8) is 0 Å². The predicted molar refractivity (Wildman–Crippen MR) is 190 cm³/mol. The molecule has 0 bridgehead atoms. The standard InChI is InChI=1S/C44H26O/c1-2-12-30(13-3-1)41-35-23-20-28-11-5-7-17-33(28)44(35)42(36-24-21-27-10-4-6-16-32(27)43(36)41)31-22-25-38-37(26-31)34-18-8-14-29-15-9-19-39(45-38)40(29)34/h1-26H. The van der Waals surface area contributed by atoms with E-state index in [0.29, 0.717) is 0 Å². The summed E-state index contributed by atoms with van der Waals surface area (Å²) in [6.07, 6.45) is 0. The molecule has 0 fully saturated rings. The fourth-order valence-electron chi connectivity index (χ4n) is 7.69. The summed E-state index contributed by atoms with van der Waals surface area (Å²) in [7, 11) is 0. The maximum absolute atomic E-state index is 6.52. The summed E-state index contributed by atoms with van der Waals surface area (Å²) in [6.45, 7) is 0. The first-order valence-corrected chi connectivity index (χ1v) is 15.5. The van der Waals surface area contributed by atoms with Gasteiger partial charge in [0.15, 0.2) is 0 Å². The van der Waals surface area contributed by atoms with Gasteiger partial charge in [-0.25, -0.2) is 0 Å². The van der Waals surface area contributed by atoms with Crippen molar-refractivity contribution < 1.29 is 4.74 Å². The molecule has 0 N–H and O–H groups in total. The Kier molecular flexibility index (Phi) is 5.06. The van der Waals surface area contributed by atoms with E-state index in [2.05, 4.69) is 158 Å². The molecule has 0 unspecified atom stereocenters. The van der Waals surface area contributed by atoms with Crippen LogP contribution in [-0.4, -0.2) is 0 Å². The molecule has 1 aliphatic rings. The van der Waals surface area contributed by atoms with Crippen LogP contribution >= 0.6 is 0 Å². The van der Waals surface area contributed by atoms with Crippen molar-refractivity contribution in [3.05, 3.63) is 158 Å². The number of hydrogen-bond donors (Lipinski definition) is 0. The molecule has 0 atom stereocenters. The van der Waals surface area contributed by atoms with Gasteiger partial charge in [-0.2, -0.15) is 0 Å². The van der Waals surface area contributed by atoms with E-state index in [0.717, 1.165) is 17.1 Å². The highest BCUT2D eigenvalue weighted by atomic mass is 16.5. The van der Waals surface area contributed by atoms with Crippen LogP contribution in [0.1, 0.15) is 0 Å². The van der Waals surface area contributed by atoms with Crippen LogP contribution < -0.4 is 4.74 Å². The minimum absolute atomic E-state index is 0.898. The zero-order valence-electron chi connectivity index (χ0n) is 24.4. The maximum Gasteiger partial charge on any atom is 0.135 e. The molecule has 0 aromatic heterocycles. The summed E-state index contributed by atoms with van der Waals surface area (Å²) in [5, 5.41) is 12.5. The lowest BCUT2D eigenvalue weighted by Gasteiger charge is -2.24. The molecule has 208 valence electrons. The van der Waals surface area contributed by atoms with Crippen molar-refractivity contribution in [2.75, 3.05) is 0 Å². The molecule has 10 rings (SSSR count). The van der Waals surface area contributed by atoms with Gasteiger partial charge < -0.3 is 4.74 Å². The smallest absolute Gasteiger partial charge is 0.135 e. The van der Waals surface area contributed by atoms with Gasteiger partial charge in [-0.1, -0.05) is 140 Å². The summed E-state index contributed by atoms with van der Waals surface area (Å²) in [6, 6.07) is 57.4. The van der Waals surface area contributed by atoms with Crippen molar-refractivity contribution in [1.29, 1.82) is 0 Å². The van der Waals surface area contributed by atoms with Crippen molar-refractivity contribution in [2.24, 2.45) is 0 Å². The van der Waals surface area contributed by atoms with Crippen LogP contribution in [0.3, 0.4) is 0 Å². The lowest BCUT2D eigenvalue weighted by atomic mass is 9.82. The molecule has 1 nitrogen and oxygen atoms in total. The molecule has 0 aliphatic carbocycles. The lowest BCUT2D eigenvalue weighted by Crippen LogP contribution is -1.98. The van der Waals surface area contributed by atoms with E-state index in [1.807, 2.05) is 0 Å². The summed E-state index contributed by atoms with van der Waals surface area (Å²) in [4.78, 5) is 0. The molecule has 9 aromatic rings. The van der Waals surface area contributed by atoms with Crippen LogP contribution in [-0.2, 0) is 0 Å². The van der Waals surface area contributed by atoms with Gasteiger partial charge in [-0.05, 0) is 94.5 Å². The molecule has 1 heterocycles. The Labute approximate surface area is 260 Å². The average Bonchev–Trinajstić information content (AvgIpc) is 3.11. The number of ether oxygens (including phenoxy) is 1. The van der Waals surface area contributed by atoms with E-state index < -0.39 is 0 Å². The molecule has 0 amide bonds. The summed E-state index contributed by atoms with van der Waals surface area (Å²) >= 11 is 0. The average molecular weight is 571 g/mol. The van der Waals surface area contributed by atoms with Gasteiger partial charge in [0, 0.05) is 10.9 Å². The third kappa shape index (κ3) is 3.50. The molecular weight excluding hydrogens is 544 g/mol. The van der Waals surface area contributed by atoms with E-state index in [1.54, 1.807) is 0 Å². The minimum Gasteiger partial charge on any atom is -0.456 e.